The Morgan fingerprint density at radius 2 is 1.86 bits per heavy atom. The number of fused-ring (bicyclic) bond motifs is 1. The van der Waals surface area contributed by atoms with Gasteiger partial charge < -0.3 is 9.73 Å². The molecule has 0 saturated heterocycles. The summed E-state index contributed by atoms with van der Waals surface area (Å²) in [5, 5.41) is 4.71. The van der Waals surface area contributed by atoms with Crippen molar-refractivity contribution < 1.29 is 17.6 Å². The summed E-state index contributed by atoms with van der Waals surface area (Å²) in [6.45, 7) is 1.96. The molecule has 0 spiro atoms. The maximum atomic E-state index is 12.5. The van der Waals surface area contributed by atoms with Crippen molar-refractivity contribution in [2.75, 3.05) is 6.54 Å². The number of furan rings is 1. The summed E-state index contributed by atoms with van der Waals surface area (Å²) < 4.78 is 32.7. The van der Waals surface area contributed by atoms with Crippen LogP contribution in [0.25, 0.3) is 10.8 Å². The Morgan fingerprint density at radius 3 is 2.61 bits per heavy atom. The first-order chi connectivity index (χ1) is 13.4. The molecule has 6 nitrogen and oxygen atoms in total. The second-order valence-corrected chi connectivity index (χ2v) is 8.51. The van der Waals surface area contributed by atoms with E-state index in [1.807, 2.05) is 43.3 Å². The van der Waals surface area contributed by atoms with E-state index in [4.69, 9.17) is 4.42 Å². The van der Waals surface area contributed by atoms with Crippen LogP contribution in [0.1, 0.15) is 25.5 Å². The lowest BCUT2D eigenvalue weighted by Gasteiger charge is -2.13. The third-order valence-electron chi connectivity index (χ3n) is 4.49. The minimum atomic E-state index is -3.66. The molecule has 0 aliphatic carbocycles. The third kappa shape index (κ3) is 5.43. The molecule has 3 aromatic rings. The predicted octanol–water partition coefficient (Wildman–Crippen LogP) is 3.24. The van der Waals surface area contributed by atoms with Crippen molar-refractivity contribution in [3.05, 3.63) is 66.6 Å². The van der Waals surface area contributed by atoms with Crippen LogP contribution >= 0.6 is 0 Å². The van der Waals surface area contributed by atoms with E-state index < -0.39 is 10.0 Å². The lowest BCUT2D eigenvalue weighted by Crippen LogP contribution is -2.35. The molecule has 1 amide bonds. The van der Waals surface area contributed by atoms with Crippen molar-refractivity contribution in [3.63, 3.8) is 0 Å². The minimum Gasteiger partial charge on any atom is -0.469 e. The van der Waals surface area contributed by atoms with E-state index in [2.05, 4.69) is 10.0 Å². The number of nitrogens with one attached hydrogen (secondary N) is 2. The Morgan fingerprint density at radius 1 is 1.07 bits per heavy atom. The normalized spacial score (nSPS) is 12.8. The average Bonchev–Trinajstić information content (AvgIpc) is 3.19. The number of hydrogen-bond acceptors (Lipinski definition) is 4. The van der Waals surface area contributed by atoms with E-state index in [1.54, 1.807) is 24.5 Å². The number of carbonyl (C=O) groups is 1. The van der Waals surface area contributed by atoms with Gasteiger partial charge in [-0.25, -0.2) is 13.1 Å². The molecular weight excluding hydrogens is 376 g/mol. The number of carbonyl (C=O) groups excluding carboxylic acids is 1. The fourth-order valence-corrected chi connectivity index (χ4v) is 4.02. The van der Waals surface area contributed by atoms with E-state index in [0.29, 0.717) is 0 Å². The van der Waals surface area contributed by atoms with Crippen molar-refractivity contribution in [2.45, 2.75) is 37.1 Å². The van der Waals surface area contributed by atoms with E-state index in [9.17, 15) is 13.2 Å². The van der Waals surface area contributed by atoms with Gasteiger partial charge in [-0.1, -0.05) is 30.3 Å². The Labute approximate surface area is 165 Å². The number of aryl methyl sites for hydroxylation is 1. The summed E-state index contributed by atoms with van der Waals surface area (Å²) >= 11 is 0. The molecular formula is C21H24N2O4S. The summed E-state index contributed by atoms with van der Waals surface area (Å²) in [7, 11) is -3.66. The summed E-state index contributed by atoms with van der Waals surface area (Å²) in [5.74, 6) is 0.692. The highest BCUT2D eigenvalue weighted by Crippen LogP contribution is 2.18. The molecule has 0 unspecified atom stereocenters. The first-order valence-corrected chi connectivity index (χ1v) is 10.7. The van der Waals surface area contributed by atoms with Crippen LogP contribution in [-0.4, -0.2) is 26.9 Å². The molecule has 2 aromatic carbocycles. The van der Waals surface area contributed by atoms with Crippen molar-refractivity contribution in [3.8, 4) is 0 Å². The van der Waals surface area contributed by atoms with Gasteiger partial charge in [0.1, 0.15) is 5.76 Å². The topological polar surface area (TPSA) is 88.4 Å². The highest BCUT2D eigenvalue weighted by atomic mass is 32.2. The first kappa shape index (κ1) is 20.1. The summed E-state index contributed by atoms with van der Waals surface area (Å²) in [6, 6.07) is 16.3. The molecule has 7 heteroatoms. The molecule has 0 bridgehead atoms. The number of sulfonamides is 1. The Kier molecular flexibility index (Phi) is 6.49. The first-order valence-electron chi connectivity index (χ1n) is 9.24. The number of benzene rings is 2. The molecule has 0 aliphatic rings. The maximum absolute atomic E-state index is 12.5. The van der Waals surface area contributed by atoms with Gasteiger partial charge in [-0.15, -0.1) is 0 Å². The molecule has 0 aliphatic heterocycles. The van der Waals surface area contributed by atoms with Gasteiger partial charge in [-0.3, -0.25) is 4.79 Å². The van der Waals surface area contributed by atoms with Gasteiger partial charge in [-0.05, 0) is 48.4 Å². The van der Waals surface area contributed by atoms with Crippen molar-refractivity contribution >= 4 is 26.7 Å². The van der Waals surface area contributed by atoms with Gasteiger partial charge in [-0.2, -0.15) is 0 Å². The molecule has 1 heterocycles. The highest BCUT2D eigenvalue weighted by Gasteiger charge is 2.15. The second-order valence-electron chi connectivity index (χ2n) is 6.74. The van der Waals surface area contributed by atoms with Crippen LogP contribution in [0.3, 0.4) is 0 Å². The fraction of sp³-hybridized carbons (Fsp3) is 0.286. The van der Waals surface area contributed by atoms with Gasteiger partial charge in [0.15, 0.2) is 0 Å². The van der Waals surface area contributed by atoms with Crippen LogP contribution < -0.4 is 10.0 Å². The molecule has 0 radical (unpaired) electrons. The van der Waals surface area contributed by atoms with Crippen LogP contribution in [0.5, 0.6) is 0 Å². The molecule has 28 heavy (non-hydrogen) atoms. The van der Waals surface area contributed by atoms with Crippen molar-refractivity contribution in [1.82, 2.24) is 10.0 Å². The van der Waals surface area contributed by atoms with Gasteiger partial charge in [0.05, 0.1) is 11.2 Å². The molecule has 0 saturated carbocycles. The summed E-state index contributed by atoms with van der Waals surface area (Å²) in [5.41, 5.74) is 0. The maximum Gasteiger partial charge on any atom is 0.240 e. The van der Waals surface area contributed by atoms with Crippen LogP contribution in [-0.2, 0) is 21.2 Å². The summed E-state index contributed by atoms with van der Waals surface area (Å²) in [4.78, 5) is 12.2. The van der Waals surface area contributed by atoms with Crippen LogP contribution in [0.2, 0.25) is 0 Å². The van der Waals surface area contributed by atoms with Crippen LogP contribution in [0.4, 0.5) is 0 Å². The SMILES string of the molecule is C[C@H](CCc1ccco1)NC(=O)CCNS(=O)(=O)c1ccc2ccccc2c1. The molecule has 1 atom stereocenters. The molecule has 1 aromatic heterocycles. The molecule has 2 N–H and O–H groups in total. The van der Waals surface area contributed by atoms with Gasteiger partial charge in [0.25, 0.3) is 0 Å². The second kappa shape index (κ2) is 9.03. The zero-order chi connectivity index (χ0) is 20.0. The quantitative estimate of drug-likeness (QED) is 0.577. The predicted molar refractivity (Wildman–Crippen MR) is 108 cm³/mol. The van der Waals surface area contributed by atoms with Crippen molar-refractivity contribution in [1.29, 1.82) is 0 Å². The monoisotopic (exact) mass is 400 g/mol. The summed E-state index contributed by atoms with van der Waals surface area (Å²) in [6.07, 6.45) is 3.20. The Hall–Kier alpha value is -2.64. The molecule has 0 fully saturated rings. The standard InChI is InChI=1S/C21H24N2O4S/c1-16(8-10-19-7-4-14-27-19)23-21(24)12-13-22-28(25,26)20-11-9-17-5-2-3-6-18(17)15-20/h2-7,9,11,14-16,22H,8,10,12-13H2,1H3,(H,23,24)/t16-/m1/s1. The Balaban J connectivity index is 1.46. The average molecular weight is 401 g/mol. The lowest BCUT2D eigenvalue weighted by molar-refractivity contribution is -0.121. The van der Waals surface area contributed by atoms with E-state index in [0.717, 1.165) is 29.4 Å². The lowest BCUT2D eigenvalue weighted by atomic mass is 10.1. The van der Waals surface area contributed by atoms with E-state index in [1.165, 1.54) is 0 Å². The molecule has 148 valence electrons. The third-order valence-corrected chi connectivity index (χ3v) is 5.95. The largest absolute Gasteiger partial charge is 0.469 e. The number of amides is 1. The minimum absolute atomic E-state index is 0.0188. The van der Waals surface area contributed by atoms with Crippen LogP contribution in [0, 0.1) is 0 Å². The number of rotatable bonds is 9. The number of hydrogen-bond donors (Lipinski definition) is 2. The smallest absolute Gasteiger partial charge is 0.240 e. The molecule has 3 rings (SSSR count). The highest BCUT2D eigenvalue weighted by molar-refractivity contribution is 7.89. The Bertz CT molecular complexity index is 1030. The van der Waals surface area contributed by atoms with E-state index in [-0.39, 0.29) is 29.8 Å². The van der Waals surface area contributed by atoms with E-state index >= 15 is 0 Å². The van der Waals surface area contributed by atoms with Gasteiger partial charge >= 0.3 is 0 Å². The van der Waals surface area contributed by atoms with Crippen LogP contribution in [0.15, 0.2) is 70.2 Å². The fourth-order valence-electron chi connectivity index (χ4n) is 2.95. The van der Waals surface area contributed by atoms with Crippen molar-refractivity contribution in [2.24, 2.45) is 0 Å². The van der Waals surface area contributed by atoms with Gasteiger partial charge in [0.2, 0.25) is 15.9 Å². The van der Waals surface area contributed by atoms with Gasteiger partial charge in [0, 0.05) is 25.4 Å². The zero-order valence-electron chi connectivity index (χ0n) is 15.7. The zero-order valence-corrected chi connectivity index (χ0v) is 16.5.